The Balaban J connectivity index is 0.000000118. The molecule has 1 N–H and O–H groups in total. The smallest absolute Gasteiger partial charge is 0.0468 e. The van der Waals surface area contributed by atoms with Gasteiger partial charge in [0.25, 0.3) is 0 Å². The van der Waals surface area contributed by atoms with Crippen LogP contribution in [0.15, 0.2) is 334 Å². The monoisotopic (exact) mass is 1430 g/mol. The molecule has 8 fully saturated rings. The van der Waals surface area contributed by atoms with Gasteiger partial charge in [-0.05, 0) is 311 Å². The van der Waals surface area contributed by atoms with Crippen LogP contribution in [-0.2, 0) is 10.8 Å². The molecule has 2 heterocycles. The number of nitrogens with zero attached hydrogens (tertiary/aromatic N) is 3. The van der Waals surface area contributed by atoms with Crippen LogP contribution in [-0.4, -0.2) is 0 Å². The number of thiophene rings is 2. The number of para-hydroxylation sites is 4. The van der Waals surface area contributed by atoms with E-state index < -0.39 is 0 Å². The molecule has 15 aromatic rings. The summed E-state index contributed by atoms with van der Waals surface area (Å²) >= 11 is 9.87. The molecule has 8 saturated carbocycles. The number of fused-ring (bicyclic) bond motifs is 6. The van der Waals surface area contributed by atoms with E-state index in [9.17, 15) is 0 Å². The van der Waals surface area contributed by atoms with Gasteiger partial charge in [-0.1, -0.05) is 181 Å². The highest BCUT2D eigenvalue weighted by molar-refractivity contribution is 7.26. The van der Waals surface area contributed by atoms with E-state index in [-0.39, 0.29) is 0 Å². The first-order chi connectivity index (χ1) is 52.2. The Kier molecular flexibility index (Phi) is 18.9. The average molecular weight is 1430 g/mol. The van der Waals surface area contributed by atoms with Crippen LogP contribution in [0.4, 0.5) is 62.6 Å². The maximum absolute atomic E-state index is 6.16. The number of nitrogens with one attached hydrogen (secondary N) is 1. The third-order valence-corrected chi connectivity index (χ3v) is 26.6. The standard InChI is InChI=1S/C46H40N2S.C28H28ClN.C18H13NS.C7H8/c1-3-9-36(10-4-1)47(38-17-15-35(16-18-38)46-29-32-25-33(30-46)27-34(26-32)31-46)39-19-21-40(22-20-39)48(37-11-5-2-6-12-37)41-23-24-45-43(28-41)42-13-7-8-14-44(42)49-45;29-24-8-12-27(13-9-24)30(25-4-2-1-3-5-25)26-10-6-23(7-11-26)28-17-20-14-21(18-28)16-22(15-20)19-28;1-2-6-13(7-3-1)19-14-10-11-18-16(12-14)15-8-4-5-9-17(15)20-18;1-7-5-3-2-4-6-7/h1-24,28,32-34H,25-27,29-31H2;1-13,20-22H,14-19H2;1-12,19H;2-6H,1H3. The van der Waals surface area contributed by atoms with Crippen molar-refractivity contribution in [2.45, 2.75) is 94.8 Å². The van der Waals surface area contributed by atoms with Crippen molar-refractivity contribution < 1.29 is 0 Å². The van der Waals surface area contributed by atoms with Gasteiger partial charge in [0, 0.05) is 108 Å². The zero-order chi connectivity index (χ0) is 71.0. The van der Waals surface area contributed by atoms with Crippen LogP contribution in [0.25, 0.3) is 40.3 Å². The predicted molar refractivity (Wildman–Crippen MR) is 455 cm³/mol. The summed E-state index contributed by atoms with van der Waals surface area (Å²) in [7, 11) is 0. The molecule has 8 aliphatic rings. The molecule has 2 aromatic heterocycles. The molecule has 0 amide bonds. The lowest BCUT2D eigenvalue weighted by atomic mass is 9.48. The van der Waals surface area contributed by atoms with Crippen molar-refractivity contribution in [1.29, 1.82) is 0 Å². The van der Waals surface area contributed by atoms with E-state index in [1.807, 2.05) is 71.2 Å². The number of rotatable bonds is 13. The first-order valence-electron chi connectivity index (χ1n) is 38.5. The van der Waals surface area contributed by atoms with E-state index in [1.165, 1.54) is 146 Å². The minimum absolute atomic E-state index is 0.408. The van der Waals surface area contributed by atoms with Crippen LogP contribution < -0.4 is 20.0 Å². The zero-order valence-electron chi connectivity index (χ0n) is 60.2. The summed E-state index contributed by atoms with van der Waals surface area (Å²) < 4.78 is 5.34. The van der Waals surface area contributed by atoms with E-state index in [4.69, 9.17) is 11.6 Å². The van der Waals surface area contributed by atoms with Gasteiger partial charge in [0.1, 0.15) is 0 Å². The van der Waals surface area contributed by atoms with Crippen molar-refractivity contribution in [3.05, 3.63) is 355 Å². The lowest BCUT2D eigenvalue weighted by molar-refractivity contribution is -0.00530. The van der Waals surface area contributed by atoms with Crippen LogP contribution in [0.1, 0.15) is 93.7 Å². The maximum Gasteiger partial charge on any atom is 0.0468 e. The molecule has 8 aliphatic carbocycles. The number of aryl methyl sites for hydroxylation is 1. The predicted octanol–water partition coefficient (Wildman–Crippen LogP) is 29.5. The first kappa shape index (κ1) is 67.7. The lowest BCUT2D eigenvalue weighted by Crippen LogP contribution is -2.48. The van der Waals surface area contributed by atoms with Crippen molar-refractivity contribution in [1.82, 2.24) is 0 Å². The third-order valence-electron chi connectivity index (χ3n) is 24.0. The van der Waals surface area contributed by atoms with Gasteiger partial charge >= 0.3 is 0 Å². The molecule has 4 nitrogen and oxygen atoms in total. The van der Waals surface area contributed by atoms with Crippen molar-refractivity contribution in [3.8, 4) is 0 Å². The van der Waals surface area contributed by atoms with E-state index in [0.717, 1.165) is 80.3 Å². The normalized spacial score (nSPS) is 21.3. The van der Waals surface area contributed by atoms with Gasteiger partial charge in [-0.3, -0.25) is 0 Å². The second-order valence-corrected chi connectivity index (χ2v) is 33.8. The van der Waals surface area contributed by atoms with Crippen LogP contribution in [0.5, 0.6) is 0 Å². The van der Waals surface area contributed by atoms with Gasteiger partial charge in [0.15, 0.2) is 0 Å². The Hall–Kier alpha value is -10.2. The molecule has 13 aromatic carbocycles. The lowest BCUT2D eigenvalue weighted by Gasteiger charge is -2.57. The second kappa shape index (κ2) is 29.6. The SMILES string of the molecule is Cc1ccccc1.Clc1ccc(N(c2ccccc2)c2ccc(C34CC5CC(CC(C5)C3)C4)cc2)cc1.c1ccc(N(c2ccc(N(c3ccccc3)c3ccc4sc5ccccc5c4c3)cc2)c2ccc(C34CC5CC(CC(C5)C3)C4)cc2)cc1.c1ccc(Nc2ccc3sc4ccccc4c3c2)cc1. The van der Waals surface area contributed by atoms with E-state index >= 15 is 0 Å². The molecule has 0 unspecified atom stereocenters. The number of anilines is 11. The van der Waals surface area contributed by atoms with Gasteiger partial charge < -0.3 is 20.0 Å². The van der Waals surface area contributed by atoms with Crippen LogP contribution in [0, 0.1) is 42.4 Å². The second-order valence-electron chi connectivity index (χ2n) is 31.2. The number of benzene rings is 13. The molecule has 23 rings (SSSR count). The Bertz CT molecular complexity index is 5400. The molecule has 0 atom stereocenters. The maximum atomic E-state index is 6.16. The minimum Gasteiger partial charge on any atom is -0.356 e. The van der Waals surface area contributed by atoms with Gasteiger partial charge in [0.2, 0.25) is 0 Å². The molecule has 0 aliphatic heterocycles. The summed E-state index contributed by atoms with van der Waals surface area (Å²) in [4.78, 5) is 7.10. The molecule has 0 radical (unpaired) electrons. The summed E-state index contributed by atoms with van der Waals surface area (Å²) in [6.45, 7) is 2.08. The van der Waals surface area contributed by atoms with Gasteiger partial charge in [-0.2, -0.15) is 0 Å². The Labute approximate surface area is 638 Å². The highest BCUT2D eigenvalue weighted by atomic mass is 35.5. The van der Waals surface area contributed by atoms with E-state index in [1.54, 1.807) is 11.1 Å². The molecular weight excluding hydrogens is 1340 g/mol. The van der Waals surface area contributed by atoms with Crippen LogP contribution in [0.2, 0.25) is 5.02 Å². The van der Waals surface area contributed by atoms with Gasteiger partial charge in [0.05, 0.1) is 0 Å². The highest BCUT2D eigenvalue weighted by Crippen LogP contribution is 2.62. The van der Waals surface area contributed by atoms with Gasteiger partial charge in [-0.25, -0.2) is 0 Å². The Morgan fingerprint density at radius 3 is 0.953 bits per heavy atom. The van der Waals surface area contributed by atoms with Crippen molar-refractivity contribution >= 4 is 137 Å². The average Bonchev–Trinajstić information content (AvgIpc) is 0.933. The first-order valence-corrected chi connectivity index (χ1v) is 40.5. The molecule has 8 bridgehead atoms. The molecule has 106 heavy (non-hydrogen) atoms. The third kappa shape index (κ3) is 14.0. The summed E-state index contributed by atoms with van der Waals surface area (Å²) in [5, 5.41) is 9.51. The molecule has 0 saturated heterocycles. The van der Waals surface area contributed by atoms with Crippen molar-refractivity contribution in [2.24, 2.45) is 35.5 Å². The van der Waals surface area contributed by atoms with Crippen LogP contribution >= 0.6 is 34.3 Å². The Morgan fingerprint density at radius 1 is 0.274 bits per heavy atom. The fraction of sp³-hybridized carbons (Fsp3) is 0.212. The fourth-order valence-corrected chi connectivity index (χ4v) is 22.4. The summed E-state index contributed by atoms with van der Waals surface area (Å²) in [6, 6.07) is 120. The summed E-state index contributed by atoms with van der Waals surface area (Å²) in [5.41, 5.74) is 18.1. The van der Waals surface area contributed by atoms with Gasteiger partial charge in [-0.15, -0.1) is 22.7 Å². The summed E-state index contributed by atoms with van der Waals surface area (Å²) in [5.74, 6) is 5.79. The minimum atomic E-state index is 0.408. The molecule has 0 spiro atoms. The fourth-order valence-electron chi connectivity index (χ4n) is 20.1. The largest absolute Gasteiger partial charge is 0.356 e. The van der Waals surface area contributed by atoms with Crippen molar-refractivity contribution in [3.63, 3.8) is 0 Å². The zero-order valence-corrected chi connectivity index (χ0v) is 62.6. The van der Waals surface area contributed by atoms with E-state index in [0.29, 0.717) is 10.8 Å². The van der Waals surface area contributed by atoms with Crippen molar-refractivity contribution in [2.75, 3.05) is 20.0 Å². The molecular formula is C99H89ClN4S2. The quantitative estimate of drug-likeness (QED) is 0.124. The van der Waals surface area contributed by atoms with E-state index in [2.05, 4.69) is 312 Å². The summed E-state index contributed by atoms with van der Waals surface area (Å²) in [6.07, 6.45) is 17.4. The molecule has 524 valence electrons. The topological polar surface area (TPSA) is 21.8 Å². The number of halogens is 1. The van der Waals surface area contributed by atoms with Crippen LogP contribution in [0.3, 0.4) is 0 Å². The Morgan fingerprint density at radius 2 is 0.566 bits per heavy atom. The number of hydrogen-bond donors (Lipinski definition) is 1. The molecule has 7 heteroatoms. The highest BCUT2D eigenvalue weighted by Gasteiger charge is 2.53. The number of hydrogen-bond acceptors (Lipinski definition) is 6.